The van der Waals surface area contributed by atoms with Gasteiger partial charge in [-0.1, -0.05) is 74.0 Å². The lowest BCUT2D eigenvalue weighted by Crippen LogP contribution is -2.41. The van der Waals surface area contributed by atoms with Gasteiger partial charge in [-0.05, 0) is 81.7 Å². The minimum absolute atomic E-state index is 0.0789. The molecule has 0 radical (unpaired) electrons. The van der Waals surface area contributed by atoms with Gasteiger partial charge in [0.15, 0.2) is 0 Å². The highest BCUT2D eigenvalue weighted by atomic mass is 16.5. The molecule has 1 N–H and O–H groups in total. The summed E-state index contributed by atoms with van der Waals surface area (Å²) in [5.74, 6) is 0.810. The quantitative estimate of drug-likeness (QED) is 0.279. The number of nitrogens with zero attached hydrogens (tertiary/aromatic N) is 2. The summed E-state index contributed by atoms with van der Waals surface area (Å²) in [6, 6.07) is 26.2. The molecule has 0 spiro atoms. The van der Waals surface area contributed by atoms with Crippen molar-refractivity contribution in [1.82, 2.24) is 9.80 Å². The summed E-state index contributed by atoms with van der Waals surface area (Å²) in [7, 11) is 0. The molecular formula is C31H41N3O2. The van der Waals surface area contributed by atoms with Gasteiger partial charge >= 0.3 is 6.03 Å². The molecule has 0 aromatic heterocycles. The first-order chi connectivity index (χ1) is 17.5. The summed E-state index contributed by atoms with van der Waals surface area (Å²) >= 11 is 0. The molecule has 0 aliphatic carbocycles. The van der Waals surface area contributed by atoms with Gasteiger partial charge in [-0.2, -0.15) is 0 Å². The van der Waals surface area contributed by atoms with Crippen LogP contribution in [-0.4, -0.2) is 41.5 Å². The number of anilines is 1. The number of amides is 2. The van der Waals surface area contributed by atoms with Gasteiger partial charge in [0.05, 0.1) is 0 Å². The lowest BCUT2D eigenvalue weighted by Gasteiger charge is -2.30. The number of urea groups is 1. The van der Waals surface area contributed by atoms with Crippen molar-refractivity contribution in [1.29, 1.82) is 0 Å². The number of benzene rings is 3. The van der Waals surface area contributed by atoms with E-state index in [4.69, 9.17) is 4.74 Å². The fourth-order valence-corrected chi connectivity index (χ4v) is 4.24. The van der Waals surface area contributed by atoms with Gasteiger partial charge < -0.3 is 19.9 Å². The molecule has 3 aromatic carbocycles. The van der Waals surface area contributed by atoms with Crippen molar-refractivity contribution in [2.75, 3.05) is 25.0 Å². The Morgan fingerprint density at radius 3 is 2.31 bits per heavy atom. The predicted molar refractivity (Wildman–Crippen MR) is 149 cm³/mol. The number of carbonyl (C=O) groups excluding carboxylic acids is 1. The third-order valence-electron chi connectivity index (χ3n) is 6.59. The molecule has 1 atom stereocenters. The summed E-state index contributed by atoms with van der Waals surface area (Å²) in [6.07, 6.45) is 2.00. The van der Waals surface area contributed by atoms with Gasteiger partial charge in [0, 0.05) is 18.3 Å². The van der Waals surface area contributed by atoms with Crippen LogP contribution in [0.5, 0.6) is 5.75 Å². The fraction of sp³-hybridized carbons (Fsp3) is 0.387. The Kier molecular flexibility index (Phi) is 10.8. The first kappa shape index (κ1) is 27.3. The number of hydrogen-bond donors (Lipinski definition) is 1. The molecule has 0 aliphatic rings. The van der Waals surface area contributed by atoms with E-state index in [1.54, 1.807) is 0 Å². The van der Waals surface area contributed by atoms with Crippen LogP contribution in [0, 0.1) is 6.92 Å². The molecule has 2 amide bonds. The number of nitrogens with one attached hydrogen (secondary N) is 1. The van der Waals surface area contributed by atoms with E-state index < -0.39 is 0 Å². The van der Waals surface area contributed by atoms with Crippen LogP contribution < -0.4 is 10.1 Å². The van der Waals surface area contributed by atoms with Crippen molar-refractivity contribution in [3.05, 3.63) is 95.6 Å². The summed E-state index contributed by atoms with van der Waals surface area (Å²) in [5.41, 5.74) is 4.16. The molecular weight excluding hydrogens is 446 g/mol. The predicted octanol–water partition coefficient (Wildman–Crippen LogP) is 7.12. The number of rotatable bonds is 13. The van der Waals surface area contributed by atoms with Crippen molar-refractivity contribution >= 4 is 11.7 Å². The fourth-order valence-electron chi connectivity index (χ4n) is 4.24. The third kappa shape index (κ3) is 8.72. The van der Waals surface area contributed by atoms with E-state index in [2.05, 4.69) is 49.2 Å². The van der Waals surface area contributed by atoms with Gasteiger partial charge in [-0.15, -0.1) is 0 Å². The Morgan fingerprint density at radius 2 is 1.61 bits per heavy atom. The Balaban J connectivity index is 1.69. The average Bonchev–Trinajstić information content (AvgIpc) is 2.90. The van der Waals surface area contributed by atoms with Crippen molar-refractivity contribution in [2.45, 2.75) is 59.7 Å². The molecule has 192 valence electrons. The van der Waals surface area contributed by atoms with E-state index >= 15 is 0 Å². The molecule has 3 rings (SSSR count). The second-order valence-electron chi connectivity index (χ2n) is 9.36. The Bertz CT molecular complexity index is 1050. The molecule has 1 unspecified atom stereocenters. The first-order valence-electron chi connectivity index (χ1n) is 13.1. The molecule has 0 aliphatic heterocycles. The summed E-state index contributed by atoms with van der Waals surface area (Å²) < 4.78 is 6.03. The van der Waals surface area contributed by atoms with Crippen molar-refractivity contribution in [3.63, 3.8) is 0 Å². The van der Waals surface area contributed by atoms with E-state index in [0.717, 1.165) is 55.0 Å². The zero-order valence-electron chi connectivity index (χ0n) is 22.2. The molecule has 0 heterocycles. The smallest absolute Gasteiger partial charge is 0.322 e. The van der Waals surface area contributed by atoms with E-state index in [0.29, 0.717) is 13.2 Å². The van der Waals surface area contributed by atoms with Crippen molar-refractivity contribution < 1.29 is 9.53 Å². The maximum Gasteiger partial charge on any atom is 0.322 e. The molecule has 0 saturated heterocycles. The SMILES string of the molecule is CCN(CC)CCCC(C)N(Cc1cccc(OCc2ccccc2)c1)C(=O)Nc1ccc(C)cc1. The number of ether oxygens (including phenoxy) is 1. The highest BCUT2D eigenvalue weighted by molar-refractivity contribution is 5.89. The highest BCUT2D eigenvalue weighted by Gasteiger charge is 2.21. The van der Waals surface area contributed by atoms with Gasteiger partial charge in [0.25, 0.3) is 0 Å². The maximum atomic E-state index is 13.4. The van der Waals surface area contributed by atoms with Crippen LogP contribution in [0.25, 0.3) is 0 Å². The highest BCUT2D eigenvalue weighted by Crippen LogP contribution is 2.20. The van der Waals surface area contributed by atoms with Gasteiger partial charge in [0.2, 0.25) is 0 Å². The van der Waals surface area contributed by atoms with E-state index in [1.165, 1.54) is 5.56 Å². The van der Waals surface area contributed by atoms with Crippen LogP contribution in [0.2, 0.25) is 0 Å². The van der Waals surface area contributed by atoms with Gasteiger partial charge in [0.1, 0.15) is 12.4 Å². The second kappa shape index (κ2) is 14.3. The number of aryl methyl sites for hydroxylation is 1. The minimum Gasteiger partial charge on any atom is -0.489 e. The van der Waals surface area contributed by atoms with Crippen LogP contribution >= 0.6 is 0 Å². The van der Waals surface area contributed by atoms with Crippen molar-refractivity contribution in [2.24, 2.45) is 0 Å². The molecule has 0 bridgehead atoms. The molecule has 0 fully saturated rings. The lowest BCUT2D eigenvalue weighted by molar-refractivity contribution is 0.180. The largest absolute Gasteiger partial charge is 0.489 e. The maximum absolute atomic E-state index is 13.4. The lowest BCUT2D eigenvalue weighted by atomic mass is 10.1. The Labute approximate surface area is 217 Å². The van der Waals surface area contributed by atoms with Crippen LogP contribution in [0.4, 0.5) is 10.5 Å². The number of carbonyl (C=O) groups is 1. The zero-order valence-corrected chi connectivity index (χ0v) is 22.2. The second-order valence-corrected chi connectivity index (χ2v) is 9.36. The van der Waals surface area contributed by atoms with Crippen LogP contribution in [0.1, 0.15) is 50.3 Å². The molecule has 5 heteroatoms. The van der Waals surface area contributed by atoms with E-state index in [-0.39, 0.29) is 12.1 Å². The molecule has 36 heavy (non-hydrogen) atoms. The topological polar surface area (TPSA) is 44.8 Å². The Hall–Kier alpha value is -3.31. The van der Waals surface area contributed by atoms with Gasteiger partial charge in [-0.3, -0.25) is 0 Å². The van der Waals surface area contributed by atoms with Crippen LogP contribution in [0.15, 0.2) is 78.9 Å². The summed E-state index contributed by atoms with van der Waals surface area (Å²) in [4.78, 5) is 17.8. The van der Waals surface area contributed by atoms with E-state index in [1.807, 2.05) is 72.5 Å². The molecule has 0 saturated carbocycles. The van der Waals surface area contributed by atoms with Gasteiger partial charge in [-0.25, -0.2) is 4.79 Å². The standard InChI is InChI=1S/C31H41N3O2/c1-5-33(6-2)21-11-12-26(4)34(31(35)32-29-19-17-25(3)18-20-29)23-28-15-10-16-30(22-28)36-24-27-13-8-7-9-14-27/h7-10,13-20,22,26H,5-6,11-12,21,23-24H2,1-4H3,(H,32,35). The zero-order chi connectivity index (χ0) is 25.8. The normalized spacial score (nSPS) is 11.8. The van der Waals surface area contributed by atoms with E-state index in [9.17, 15) is 4.79 Å². The molecule has 3 aromatic rings. The summed E-state index contributed by atoms with van der Waals surface area (Å²) in [5, 5.41) is 3.10. The Morgan fingerprint density at radius 1 is 0.917 bits per heavy atom. The minimum atomic E-state index is -0.0789. The van der Waals surface area contributed by atoms with Crippen LogP contribution in [0.3, 0.4) is 0 Å². The first-order valence-corrected chi connectivity index (χ1v) is 13.1. The number of hydrogen-bond acceptors (Lipinski definition) is 3. The van der Waals surface area contributed by atoms with Crippen molar-refractivity contribution in [3.8, 4) is 5.75 Å². The molecule has 5 nitrogen and oxygen atoms in total. The third-order valence-corrected chi connectivity index (χ3v) is 6.59. The average molecular weight is 488 g/mol. The monoisotopic (exact) mass is 487 g/mol. The summed E-state index contributed by atoms with van der Waals surface area (Å²) in [6.45, 7) is 12.8. The van der Waals surface area contributed by atoms with Crippen LogP contribution in [-0.2, 0) is 13.2 Å².